The molecule has 0 saturated heterocycles. The van der Waals surface area contributed by atoms with Gasteiger partial charge in [-0.3, -0.25) is 9.20 Å². The largest absolute Gasteiger partial charge is 0.495 e. The fourth-order valence-electron chi connectivity index (χ4n) is 2.77. The predicted molar refractivity (Wildman–Crippen MR) is 103 cm³/mol. The van der Waals surface area contributed by atoms with Crippen molar-refractivity contribution in [2.75, 3.05) is 18.2 Å². The zero-order chi connectivity index (χ0) is 17.9. The summed E-state index contributed by atoms with van der Waals surface area (Å²) in [6, 6.07) is 19.3. The van der Waals surface area contributed by atoms with Crippen LogP contribution in [0, 0.1) is 0 Å². The highest BCUT2D eigenvalue weighted by atomic mass is 32.2. The second kappa shape index (κ2) is 7.05. The van der Waals surface area contributed by atoms with Crippen molar-refractivity contribution >= 4 is 39.9 Å². The molecule has 0 atom stereocenters. The lowest BCUT2D eigenvalue weighted by Crippen LogP contribution is -2.15. The molecule has 0 aliphatic rings. The number of amides is 1. The lowest BCUT2D eigenvalue weighted by atomic mass is 10.2. The van der Waals surface area contributed by atoms with Crippen molar-refractivity contribution in [1.29, 1.82) is 0 Å². The minimum atomic E-state index is -0.128. The maximum absolute atomic E-state index is 12.3. The minimum absolute atomic E-state index is 0.128. The summed E-state index contributed by atoms with van der Waals surface area (Å²) in [7, 11) is 1.58. The lowest BCUT2D eigenvalue weighted by Gasteiger charge is -2.09. The maximum Gasteiger partial charge on any atom is 0.234 e. The first-order valence-electron chi connectivity index (χ1n) is 8.05. The van der Waals surface area contributed by atoms with Crippen LogP contribution in [0.4, 0.5) is 5.69 Å². The fourth-order valence-corrected chi connectivity index (χ4v) is 3.52. The van der Waals surface area contributed by atoms with Gasteiger partial charge in [0.2, 0.25) is 5.91 Å². The average molecular weight is 364 g/mol. The molecule has 26 heavy (non-hydrogen) atoms. The van der Waals surface area contributed by atoms with Crippen molar-refractivity contribution in [2.45, 2.75) is 5.16 Å². The van der Waals surface area contributed by atoms with Gasteiger partial charge >= 0.3 is 0 Å². The SMILES string of the molecule is COc1ccccc1NC(=O)CSc1nnc2ccc3ccccc3n12. The Labute approximate surface area is 154 Å². The normalized spacial score (nSPS) is 11.0. The molecule has 0 aliphatic carbocycles. The number of methoxy groups -OCH3 is 1. The van der Waals surface area contributed by atoms with Crippen LogP contribution in [0.1, 0.15) is 0 Å². The number of aromatic nitrogens is 3. The Morgan fingerprint density at radius 2 is 1.88 bits per heavy atom. The van der Waals surface area contributed by atoms with E-state index in [0.717, 1.165) is 16.6 Å². The summed E-state index contributed by atoms with van der Waals surface area (Å²) in [6.45, 7) is 0. The second-order valence-electron chi connectivity index (χ2n) is 5.61. The van der Waals surface area contributed by atoms with Gasteiger partial charge < -0.3 is 10.1 Å². The quantitative estimate of drug-likeness (QED) is 0.548. The van der Waals surface area contributed by atoms with Gasteiger partial charge in [-0.05, 0) is 35.7 Å². The number of nitrogens with zero attached hydrogens (tertiary/aromatic N) is 3. The summed E-state index contributed by atoms with van der Waals surface area (Å²) in [5, 5.41) is 13.1. The van der Waals surface area contributed by atoms with Crippen LogP contribution in [0.5, 0.6) is 5.75 Å². The van der Waals surface area contributed by atoms with Crippen LogP contribution in [0.3, 0.4) is 0 Å². The summed E-state index contributed by atoms with van der Waals surface area (Å²) in [6.07, 6.45) is 0. The first-order valence-corrected chi connectivity index (χ1v) is 9.03. The summed E-state index contributed by atoms with van der Waals surface area (Å²) in [5.41, 5.74) is 2.43. The summed E-state index contributed by atoms with van der Waals surface area (Å²) in [4.78, 5) is 12.3. The Morgan fingerprint density at radius 3 is 2.77 bits per heavy atom. The minimum Gasteiger partial charge on any atom is -0.495 e. The number of carbonyl (C=O) groups excluding carboxylic acids is 1. The van der Waals surface area contributed by atoms with E-state index in [1.165, 1.54) is 11.8 Å². The molecule has 4 rings (SSSR count). The van der Waals surface area contributed by atoms with Crippen molar-refractivity contribution in [1.82, 2.24) is 14.6 Å². The first kappa shape index (κ1) is 16.4. The van der Waals surface area contributed by atoms with Crippen LogP contribution < -0.4 is 10.1 Å². The highest BCUT2D eigenvalue weighted by molar-refractivity contribution is 7.99. The number of ether oxygens (including phenoxy) is 1. The van der Waals surface area contributed by atoms with E-state index in [-0.39, 0.29) is 11.7 Å². The molecule has 130 valence electrons. The third kappa shape index (κ3) is 3.09. The Morgan fingerprint density at radius 1 is 1.08 bits per heavy atom. The van der Waals surface area contributed by atoms with Crippen LogP contribution in [0.15, 0.2) is 65.8 Å². The third-order valence-electron chi connectivity index (χ3n) is 3.96. The van der Waals surface area contributed by atoms with Crippen molar-refractivity contribution < 1.29 is 9.53 Å². The molecule has 0 radical (unpaired) electrons. The van der Waals surface area contributed by atoms with E-state index in [2.05, 4.69) is 15.5 Å². The Balaban J connectivity index is 1.55. The number of para-hydroxylation sites is 3. The number of benzene rings is 2. The van der Waals surface area contributed by atoms with Crippen molar-refractivity contribution in [3.05, 3.63) is 60.7 Å². The number of hydrogen-bond acceptors (Lipinski definition) is 5. The molecular formula is C19H16N4O2S. The predicted octanol–water partition coefficient (Wildman–Crippen LogP) is 3.62. The van der Waals surface area contributed by atoms with Gasteiger partial charge in [-0.25, -0.2) is 0 Å². The number of carbonyl (C=O) groups is 1. The third-order valence-corrected chi connectivity index (χ3v) is 4.89. The van der Waals surface area contributed by atoms with Gasteiger partial charge in [0.25, 0.3) is 0 Å². The van der Waals surface area contributed by atoms with Gasteiger partial charge in [-0.2, -0.15) is 0 Å². The van der Waals surface area contributed by atoms with E-state index in [1.807, 2.05) is 52.9 Å². The molecule has 2 heterocycles. The standard InChI is InChI=1S/C19H16N4O2S/c1-25-16-9-5-3-7-14(16)20-18(24)12-26-19-22-21-17-11-10-13-6-2-4-8-15(13)23(17)19/h2-11H,12H2,1H3,(H,20,24). The van der Waals surface area contributed by atoms with Gasteiger partial charge in [-0.15, -0.1) is 10.2 Å². The molecule has 1 amide bonds. The van der Waals surface area contributed by atoms with E-state index in [4.69, 9.17) is 4.74 Å². The fraction of sp³-hybridized carbons (Fsp3) is 0.105. The number of thioether (sulfide) groups is 1. The van der Waals surface area contributed by atoms with Crippen LogP contribution in [-0.2, 0) is 4.79 Å². The Kier molecular flexibility index (Phi) is 4.45. The molecule has 0 bridgehead atoms. The zero-order valence-electron chi connectivity index (χ0n) is 14.0. The number of anilines is 1. The van der Waals surface area contributed by atoms with E-state index in [0.29, 0.717) is 16.6 Å². The smallest absolute Gasteiger partial charge is 0.234 e. The maximum atomic E-state index is 12.3. The number of rotatable bonds is 5. The zero-order valence-corrected chi connectivity index (χ0v) is 14.9. The molecular weight excluding hydrogens is 348 g/mol. The summed E-state index contributed by atoms with van der Waals surface area (Å²) >= 11 is 1.35. The monoisotopic (exact) mass is 364 g/mol. The highest BCUT2D eigenvalue weighted by Crippen LogP contribution is 2.25. The van der Waals surface area contributed by atoms with Crippen molar-refractivity contribution in [2.24, 2.45) is 0 Å². The molecule has 4 aromatic rings. The van der Waals surface area contributed by atoms with Gasteiger partial charge in [0, 0.05) is 0 Å². The van der Waals surface area contributed by atoms with E-state index in [1.54, 1.807) is 19.2 Å². The molecule has 7 heteroatoms. The number of pyridine rings is 1. The van der Waals surface area contributed by atoms with Gasteiger partial charge in [-0.1, -0.05) is 42.1 Å². The van der Waals surface area contributed by atoms with Crippen LogP contribution in [0.2, 0.25) is 0 Å². The van der Waals surface area contributed by atoms with Crippen LogP contribution in [-0.4, -0.2) is 33.4 Å². The van der Waals surface area contributed by atoms with Gasteiger partial charge in [0.05, 0.1) is 24.1 Å². The molecule has 6 nitrogen and oxygen atoms in total. The van der Waals surface area contributed by atoms with Crippen molar-refractivity contribution in [3.63, 3.8) is 0 Å². The molecule has 0 spiro atoms. The summed E-state index contributed by atoms with van der Waals surface area (Å²) in [5.74, 6) is 0.725. The van der Waals surface area contributed by atoms with Crippen LogP contribution >= 0.6 is 11.8 Å². The van der Waals surface area contributed by atoms with E-state index in [9.17, 15) is 4.79 Å². The molecule has 0 unspecified atom stereocenters. The first-order chi connectivity index (χ1) is 12.8. The Hall–Kier alpha value is -3.06. The molecule has 0 aliphatic heterocycles. The second-order valence-corrected chi connectivity index (χ2v) is 6.55. The summed E-state index contributed by atoms with van der Waals surface area (Å²) < 4.78 is 7.22. The van der Waals surface area contributed by atoms with Gasteiger partial charge in [0.1, 0.15) is 5.75 Å². The number of fused-ring (bicyclic) bond motifs is 3. The number of nitrogens with one attached hydrogen (secondary N) is 1. The Bertz CT molecular complexity index is 1090. The van der Waals surface area contributed by atoms with Crippen molar-refractivity contribution in [3.8, 4) is 5.75 Å². The molecule has 0 fully saturated rings. The lowest BCUT2D eigenvalue weighted by molar-refractivity contribution is -0.113. The molecule has 0 saturated carbocycles. The average Bonchev–Trinajstić information content (AvgIpc) is 3.10. The van der Waals surface area contributed by atoms with Crippen LogP contribution in [0.25, 0.3) is 16.6 Å². The number of hydrogen-bond donors (Lipinski definition) is 1. The van der Waals surface area contributed by atoms with E-state index < -0.39 is 0 Å². The molecule has 1 N–H and O–H groups in total. The topological polar surface area (TPSA) is 68.5 Å². The van der Waals surface area contributed by atoms with E-state index >= 15 is 0 Å². The highest BCUT2D eigenvalue weighted by Gasteiger charge is 2.12. The van der Waals surface area contributed by atoms with Gasteiger partial charge in [0.15, 0.2) is 10.8 Å². The molecule has 2 aromatic heterocycles. The molecule has 2 aromatic carbocycles.